The first-order valence-electron chi connectivity index (χ1n) is 9.38. The molecule has 0 aliphatic carbocycles. The van der Waals surface area contributed by atoms with Gasteiger partial charge in [0.15, 0.2) is 6.61 Å². The standard InChI is InChI=1S/C22H24FN3O3/c1-13(2)11-26-19(10-24)21(14-3-5-15(23)6-4-14)18-9-16(29-12-20(25)27)7-8-17(18)22(26)28/h3-9,13H,10-12,24H2,1-2H3,(H2,25,27). The number of nitrogens with two attached hydrogens (primary N) is 2. The molecule has 3 rings (SSSR count). The van der Waals surface area contributed by atoms with Crippen molar-refractivity contribution in [2.24, 2.45) is 17.4 Å². The van der Waals surface area contributed by atoms with Crippen molar-refractivity contribution in [3.05, 3.63) is 64.3 Å². The van der Waals surface area contributed by atoms with E-state index in [2.05, 4.69) is 0 Å². The predicted molar refractivity (Wildman–Crippen MR) is 111 cm³/mol. The van der Waals surface area contributed by atoms with Crippen LogP contribution in [0, 0.1) is 11.7 Å². The fraction of sp³-hybridized carbons (Fsp3) is 0.273. The van der Waals surface area contributed by atoms with Crippen LogP contribution in [-0.4, -0.2) is 17.1 Å². The Morgan fingerprint density at radius 1 is 1.14 bits per heavy atom. The molecule has 0 spiro atoms. The van der Waals surface area contributed by atoms with Gasteiger partial charge in [-0.1, -0.05) is 26.0 Å². The number of carbonyl (C=O) groups excluding carboxylic acids is 1. The summed E-state index contributed by atoms with van der Waals surface area (Å²) in [5.41, 5.74) is 13.2. The lowest BCUT2D eigenvalue weighted by atomic mass is 9.96. The number of amides is 1. The fourth-order valence-electron chi connectivity index (χ4n) is 3.43. The minimum absolute atomic E-state index is 0.136. The van der Waals surface area contributed by atoms with Crippen molar-refractivity contribution in [3.63, 3.8) is 0 Å². The minimum Gasteiger partial charge on any atom is -0.484 e. The Morgan fingerprint density at radius 2 is 1.83 bits per heavy atom. The molecule has 0 aliphatic heterocycles. The van der Waals surface area contributed by atoms with Crippen molar-refractivity contribution in [1.29, 1.82) is 0 Å². The Bertz CT molecular complexity index is 1100. The first kappa shape index (κ1) is 20.5. The van der Waals surface area contributed by atoms with Crippen LogP contribution in [-0.2, 0) is 17.9 Å². The third-order valence-electron chi connectivity index (χ3n) is 4.61. The van der Waals surface area contributed by atoms with E-state index in [1.807, 2.05) is 13.8 Å². The summed E-state index contributed by atoms with van der Waals surface area (Å²) in [7, 11) is 0. The van der Waals surface area contributed by atoms with E-state index in [4.69, 9.17) is 16.2 Å². The van der Waals surface area contributed by atoms with Crippen LogP contribution in [0.4, 0.5) is 4.39 Å². The third-order valence-corrected chi connectivity index (χ3v) is 4.61. The molecule has 4 N–H and O–H groups in total. The van der Waals surface area contributed by atoms with Gasteiger partial charge in [0.1, 0.15) is 11.6 Å². The monoisotopic (exact) mass is 397 g/mol. The average Bonchev–Trinajstić information content (AvgIpc) is 2.68. The highest BCUT2D eigenvalue weighted by molar-refractivity contribution is 5.98. The van der Waals surface area contributed by atoms with Gasteiger partial charge in [-0.15, -0.1) is 0 Å². The molecule has 1 aromatic heterocycles. The summed E-state index contributed by atoms with van der Waals surface area (Å²) in [5, 5.41) is 1.12. The maximum absolute atomic E-state index is 13.5. The van der Waals surface area contributed by atoms with E-state index in [1.54, 1.807) is 34.9 Å². The van der Waals surface area contributed by atoms with Gasteiger partial charge in [0.25, 0.3) is 11.5 Å². The predicted octanol–water partition coefficient (Wildman–Crippen LogP) is 2.79. The Morgan fingerprint density at radius 3 is 2.41 bits per heavy atom. The minimum atomic E-state index is -0.598. The highest BCUT2D eigenvalue weighted by atomic mass is 19.1. The number of pyridine rings is 1. The lowest BCUT2D eigenvalue weighted by molar-refractivity contribution is -0.119. The molecular formula is C22H24FN3O3. The highest BCUT2D eigenvalue weighted by Gasteiger charge is 2.19. The molecule has 1 amide bonds. The average molecular weight is 397 g/mol. The zero-order valence-electron chi connectivity index (χ0n) is 16.4. The summed E-state index contributed by atoms with van der Waals surface area (Å²) >= 11 is 0. The first-order valence-corrected chi connectivity index (χ1v) is 9.38. The van der Waals surface area contributed by atoms with Crippen molar-refractivity contribution >= 4 is 16.7 Å². The summed E-state index contributed by atoms with van der Waals surface area (Å²) in [6, 6.07) is 11.0. The maximum Gasteiger partial charge on any atom is 0.258 e. The molecule has 29 heavy (non-hydrogen) atoms. The first-order chi connectivity index (χ1) is 13.8. The van der Waals surface area contributed by atoms with Crippen LogP contribution in [0.25, 0.3) is 21.9 Å². The largest absolute Gasteiger partial charge is 0.484 e. The molecule has 152 valence electrons. The zero-order valence-corrected chi connectivity index (χ0v) is 16.4. The molecule has 0 aliphatic rings. The van der Waals surface area contributed by atoms with E-state index in [-0.39, 0.29) is 30.4 Å². The van der Waals surface area contributed by atoms with E-state index in [0.29, 0.717) is 28.8 Å². The molecule has 2 aromatic carbocycles. The van der Waals surface area contributed by atoms with Crippen molar-refractivity contribution in [2.45, 2.75) is 26.9 Å². The maximum atomic E-state index is 13.5. The summed E-state index contributed by atoms with van der Waals surface area (Å²) in [6.07, 6.45) is 0. The summed E-state index contributed by atoms with van der Waals surface area (Å²) in [4.78, 5) is 24.2. The van der Waals surface area contributed by atoms with Gasteiger partial charge >= 0.3 is 0 Å². The molecule has 6 nitrogen and oxygen atoms in total. The number of hydrogen-bond donors (Lipinski definition) is 2. The van der Waals surface area contributed by atoms with Crippen molar-refractivity contribution in [3.8, 4) is 16.9 Å². The quantitative estimate of drug-likeness (QED) is 0.640. The van der Waals surface area contributed by atoms with Gasteiger partial charge < -0.3 is 20.8 Å². The molecule has 3 aromatic rings. The number of rotatable bonds is 7. The number of halogens is 1. The van der Waals surface area contributed by atoms with Crippen molar-refractivity contribution < 1.29 is 13.9 Å². The van der Waals surface area contributed by atoms with E-state index in [9.17, 15) is 14.0 Å². The Kier molecular flexibility index (Phi) is 5.98. The number of carbonyl (C=O) groups is 1. The normalized spacial score (nSPS) is 11.2. The van der Waals surface area contributed by atoms with Crippen LogP contribution in [0.1, 0.15) is 19.5 Å². The zero-order chi connectivity index (χ0) is 21.1. The van der Waals surface area contributed by atoms with Gasteiger partial charge in [0.2, 0.25) is 0 Å². The second-order valence-corrected chi connectivity index (χ2v) is 7.30. The van der Waals surface area contributed by atoms with E-state index < -0.39 is 5.91 Å². The number of primary amides is 1. The van der Waals surface area contributed by atoms with Gasteiger partial charge in [-0.25, -0.2) is 4.39 Å². The molecular weight excluding hydrogens is 373 g/mol. The fourth-order valence-corrected chi connectivity index (χ4v) is 3.43. The number of ether oxygens (including phenoxy) is 1. The van der Waals surface area contributed by atoms with Gasteiger partial charge in [0.05, 0.1) is 0 Å². The van der Waals surface area contributed by atoms with Crippen LogP contribution in [0.3, 0.4) is 0 Å². The molecule has 0 saturated heterocycles. The highest BCUT2D eigenvalue weighted by Crippen LogP contribution is 2.33. The second kappa shape index (κ2) is 8.45. The van der Waals surface area contributed by atoms with Crippen molar-refractivity contribution in [1.82, 2.24) is 4.57 Å². The molecule has 0 bridgehead atoms. The summed E-state index contributed by atoms with van der Waals surface area (Å²) < 4.78 is 20.6. The number of aromatic nitrogens is 1. The number of nitrogens with zero attached hydrogens (tertiary/aromatic N) is 1. The Labute approximate surface area is 167 Å². The number of fused-ring (bicyclic) bond motifs is 1. The van der Waals surface area contributed by atoms with Gasteiger partial charge in [-0.3, -0.25) is 9.59 Å². The van der Waals surface area contributed by atoms with Crippen LogP contribution in [0.5, 0.6) is 5.75 Å². The summed E-state index contributed by atoms with van der Waals surface area (Å²) in [5.74, 6) is -0.314. The number of benzene rings is 2. The van der Waals surface area contributed by atoms with Gasteiger partial charge in [0, 0.05) is 35.1 Å². The second-order valence-electron chi connectivity index (χ2n) is 7.30. The topological polar surface area (TPSA) is 100 Å². The van der Waals surface area contributed by atoms with Gasteiger partial charge in [-0.05, 0) is 41.8 Å². The lowest BCUT2D eigenvalue weighted by Crippen LogP contribution is -2.28. The lowest BCUT2D eigenvalue weighted by Gasteiger charge is -2.21. The SMILES string of the molecule is CC(C)Cn1c(CN)c(-c2ccc(F)cc2)c2cc(OCC(N)=O)ccc2c1=O. The Hall–Kier alpha value is -3.19. The molecule has 0 fully saturated rings. The number of hydrogen-bond acceptors (Lipinski definition) is 4. The van der Waals surface area contributed by atoms with E-state index >= 15 is 0 Å². The van der Waals surface area contributed by atoms with Crippen LogP contribution in [0.2, 0.25) is 0 Å². The van der Waals surface area contributed by atoms with Crippen LogP contribution < -0.4 is 21.8 Å². The molecule has 7 heteroatoms. The summed E-state index contributed by atoms with van der Waals surface area (Å²) in [6.45, 7) is 4.42. The van der Waals surface area contributed by atoms with Crippen molar-refractivity contribution in [2.75, 3.05) is 6.61 Å². The molecule has 1 heterocycles. The Balaban J connectivity index is 2.35. The van der Waals surface area contributed by atoms with E-state index in [0.717, 1.165) is 11.1 Å². The molecule has 0 saturated carbocycles. The molecule has 0 radical (unpaired) electrons. The van der Waals surface area contributed by atoms with Crippen LogP contribution in [0.15, 0.2) is 47.3 Å². The van der Waals surface area contributed by atoms with E-state index in [1.165, 1.54) is 12.1 Å². The van der Waals surface area contributed by atoms with Crippen LogP contribution >= 0.6 is 0 Å². The third kappa shape index (κ3) is 4.30. The molecule has 0 atom stereocenters. The molecule has 0 unspecified atom stereocenters. The smallest absolute Gasteiger partial charge is 0.258 e. The van der Waals surface area contributed by atoms with Gasteiger partial charge in [-0.2, -0.15) is 0 Å².